The van der Waals surface area contributed by atoms with E-state index in [1.54, 1.807) is 18.6 Å². The lowest BCUT2D eigenvalue weighted by atomic mass is 10.2. The third-order valence-electron chi connectivity index (χ3n) is 2.26. The number of thiol groups is 1. The minimum atomic E-state index is 0.876. The summed E-state index contributed by atoms with van der Waals surface area (Å²) in [7, 11) is 0. The monoisotopic (exact) mass is 249 g/mol. The maximum Gasteiger partial charge on any atom is 0.0813 e. The molecular weight excluding hydrogens is 230 g/mol. The predicted molar refractivity (Wildman–Crippen MR) is 76.2 cm³/mol. The van der Waals surface area contributed by atoms with E-state index in [1.165, 1.54) is 5.57 Å². The highest BCUT2D eigenvalue weighted by Gasteiger charge is 1.92. The van der Waals surface area contributed by atoms with Crippen LogP contribution in [0.15, 0.2) is 36.3 Å². The van der Waals surface area contributed by atoms with Crippen LogP contribution in [0.5, 0.6) is 0 Å². The molecule has 0 aliphatic carbocycles. The number of aromatic nitrogens is 2. The molecular formula is C13H19N3S. The molecule has 0 bridgehead atoms. The van der Waals surface area contributed by atoms with Crippen molar-refractivity contribution in [2.45, 2.75) is 13.3 Å². The van der Waals surface area contributed by atoms with Crippen LogP contribution in [0.1, 0.15) is 19.0 Å². The van der Waals surface area contributed by atoms with Gasteiger partial charge in [0.15, 0.2) is 0 Å². The SMILES string of the molecule is C/C=C(\C=C/c1cnccn1)CNCCCS. The van der Waals surface area contributed by atoms with Crippen LogP contribution in [0.4, 0.5) is 0 Å². The molecule has 4 heteroatoms. The zero-order valence-electron chi connectivity index (χ0n) is 10.1. The molecule has 92 valence electrons. The fourth-order valence-electron chi connectivity index (χ4n) is 1.28. The number of hydrogen-bond acceptors (Lipinski definition) is 4. The normalized spacial score (nSPS) is 12.2. The highest BCUT2D eigenvalue weighted by Crippen LogP contribution is 2.00. The first-order chi connectivity index (χ1) is 8.36. The predicted octanol–water partition coefficient (Wildman–Crippen LogP) is 2.35. The van der Waals surface area contributed by atoms with E-state index in [9.17, 15) is 0 Å². The van der Waals surface area contributed by atoms with Gasteiger partial charge in [-0.05, 0) is 37.3 Å². The molecule has 0 saturated carbocycles. The smallest absolute Gasteiger partial charge is 0.0813 e. The molecule has 0 aromatic carbocycles. The van der Waals surface area contributed by atoms with Crippen LogP contribution in [-0.4, -0.2) is 28.8 Å². The van der Waals surface area contributed by atoms with Gasteiger partial charge in [0.05, 0.1) is 11.9 Å². The standard InChI is InChI=1S/C13H19N3S/c1-2-12(10-14-6-3-9-17)4-5-13-11-15-7-8-16-13/h2,4-5,7-8,11,14,17H,3,6,9-10H2,1H3/b5-4-,12-2+. The Labute approximate surface area is 108 Å². The quantitative estimate of drug-likeness (QED) is 0.442. The van der Waals surface area contributed by atoms with Gasteiger partial charge in [-0.2, -0.15) is 12.6 Å². The second kappa shape index (κ2) is 8.96. The molecule has 0 atom stereocenters. The van der Waals surface area contributed by atoms with Crippen LogP contribution in [-0.2, 0) is 0 Å². The molecule has 1 heterocycles. The van der Waals surface area contributed by atoms with Gasteiger partial charge in [0.1, 0.15) is 0 Å². The van der Waals surface area contributed by atoms with Crippen LogP contribution >= 0.6 is 12.6 Å². The van der Waals surface area contributed by atoms with Gasteiger partial charge in [-0.1, -0.05) is 12.2 Å². The third-order valence-corrected chi connectivity index (χ3v) is 2.58. The molecule has 0 aliphatic heterocycles. The maximum absolute atomic E-state index is 4.19. The molecule has 0 radical (unpaired) electrons. The fraction of sp³-hybridized carbons (Fsp3) is 0.385. The minimum Gasteiger partial charge on any atom is -0.313 e. The van der Waals surface area contributed by atoms with Gasteiger partial charge in [0.2, 0.25) is 0 Å². The lowest BCUT2D eigenvalue weighted by molar-refractivity contribution is 0.724. The van der Waals surface area contributed by atoms with Gasteiger partial charge >= 0.3 is 0 Å². The first-order valence-electron chi connectivity index (χ1n) is 5.77. The summed E-state index contributed by atoms with van der Waals surface area (Å²) in [4.78, 5) is 8.21. The molecule has 3 nitrogen and oxygen atoms in total. The molecule has 0 spiro atoms. The van der Waals surface area contributed by atoms with Gasteiger partial charge in [-0.15, -0.1) is 0 Å². The topological polar surface area (TPSA) is 37.8 Å². The summed E-state index contributed by atoms with van der Waals surface area (Å²) in [5, 5.41) is 3.37. The summed E-state index contributed by atoms with van der Waals surface area (Å²) in [6.45, 7) is 3.91. The van der Waals surface area contributed by atoms with Gasteiger partial charge in [0, 0.05) is 18.9 Å². The average molecular weight is 249 g/mol. The highest BCUT2D eigenvalue weighted by atomic mass is 32.1. The van der Waals surface area contributed by atoms with Gasteiger partial charge < -0.3 is 5.32 Å². The molecule has 1 N–H and O–H groups in total. The summed E-state index contributed by atoms with van der Waals surface area (Å²) in [6.07, 6.45) is 12.3. The molecule has 17 heavy (non-hydrogen) atoms. The summed E-state index contributed by atoms with van der Waals surface area (Å²) < 4.78 is 0. The second-order valence-electron chi connectivity index (χ2n) is 3.58. The molecule has 1 rings (SSSR count). The van der Waals surface area contributed by atoms with Crippen molar-refractivity contribution in [3.63, 3.8) is 0 Å². The average Bonchev–Trinajstić information content (AvgIpc) is 2.39. The van der Waals surface area contributed by atoms with Crippen LogP contribution in [0.25, 0.3) is 6.08 Å². The molecule has 0 aliphatic rings. The Morgan fingerprint density at radius 1 is 1.47 bits per heavy atom. The van der Waals surface area contributed by atoms with E-state index in [-0.39, 0.29) is 0 Å². The van der Waals surface area contributed by atoms with Crippen molar-refractivity contribution >= 4 is 18.7 Å². The van der Waals surface area contributed by atoms with Gasteiger partial charge in [-0.25, -0.2) is 0 Å². The number of nitrogens with zero attached hydrogens (tertiary/aromatic N) is 2. The molecule has 1 aromatic heterocycles. The number of rotatable bonds is 7. The Bertz CT molecular complexity index is 360. The van der Waals surface area contributed by atoms with E-state index in [4.69, 9.17) is 0 Å². The second-order valence-corrected chi connectivity index (χ2v) is 4.03. The molecule has 0 saturated heterocycles. The lowest BCUT2D eigenvalue weighted by Crippen LogP contribution is -2.18. The molecule has 1 aromatic rings. The lowest BCUT2D eigenvalue weighted by Gasteiger charge is -2.03. The number of hydrogen-bond donors (Lipinski definition) is 2. The van der Waals surface area contributed by atoms with E-state index in [0.717, 1.165) is 31.0 Å². The van der Waals surface area contributed by atoms with E-state index in [1.807, 2.05) is 13.0 Å². The van der Waals surface area contributed by atoms with E-state index < -0.39 is 0 Å². The Balaban J connectivity index is 2.39. The Hall–Kier alpha value is -1.13. The van der Waals surface area contributed by atoms with Crippen LogP contribution in [0.2, 0.25) is 0 Å². The van der Waals surface area contributed by atoms with Crippen LogP contribution < -0.4 is 5.32 Å². The number of allylic oxidation sites excluding steroid dienone is 1. The van der Waals surface area contributed by atoms with E-state index in [0.29, 0.717) is 0 Å². The van der Waals surface area contributed by atoms with Crippen molar-refractivity contribution < 1.29 is 0 Å². The Kier molecular flexibility index (Phi) is 7.34. The third kappa shape index (κ3) is 6.24. The summed E-state index contributed by atoms with van der Waals surface area (Å²) in [6, 6.07) is 0. The van der Waals surface area contributed by atoms with Crippen LogP contribution in [0, 0.1) is 0 Å². The van der Waals surface area contributed by atoms with Crippen LogP contribution in [0.3, 0.4) is 0 Å². The van der Waals surface area contributed by atoms with Crippen molar-refractivity contribution in [2.24, 2.45) is 0 Å². The molecule has 0 unspecified atom stereocenters. The minimum absolute atomic E-state index is 0.876. The summed E-state index contributed by atoms with van der Waals surface area (Å²) in [5.74, 6) is 0.924. The highest BCUT2D eigenvalue weighted by molar-refractivity contribution is 7.80. The Morgan fingerprint density at radius 3 is 3.00 bits per heavy atom. The van der Waals surface area contributed by atoms with Gasteiger partial charge in [-0.3, -0.25) is 9.97 Å². The largest absolute Gasteiger partial charge is 0.313 e. The van der Waals surface area contributed by atoms with Crippen molar-refractivity contribution in [1.82, 2.24) is 15.3 Å². The zero-order valence-corrected chi connectivity index (χ0v) is 11.0. The van der Waals surface area contributed by atoms with Crippen molar-refractivity contribution in [2.75, 3.05) is 18.8 Å². The fourth-order valence-corrected chi connectivity index (χ4v) is 1.44. The van der Waals surface area contributed by atoms with Crippen molar-refractivity contribution in [1.29, 1.82) is 0 Å². The summed E-state index contributed by atoms with van der Waals surface area (Å²) in [5.41, 5.74) is 2.12. The van der Waals surface area contributed by atoms with Crippen molar-refractivity contribution in [3.8, 4) is 0 Å². The maximum atomic E-state index is 4.19. The van der Waals surface area contributed by atoms with Crippen molar-refractivity contribution in [3.05, 3.63) is 42.0 Å². The van der Waals surface area contributed by atoms with E-state index in [2.05, 4.69) is 40.1 Å². The summed E-state index contributed by atoms with van der Waals surface area (Å²) >= 11 is 4.17. The molecule has 0 fully saturated rings. The first kappa shape index (κ1) is 13.9. The zero-order chi connectivity index (χ0) is 12.3. The molecule has 0 amide bonds. The number of nitrogens with one attached hydrogen (secondary N) is 1. The van der Waals surface area contributed by atoms with Gasteiger partial charge in [0.25, 0.3) is 0 Å². The Morgan fingerprint density at radius 2 is 2.35 bits per heavy atom. The van der Waals surface area contributed by atoms with E-state index >= 15 is 0 Å². The first-order valence-corrected chi connectivity index (χ1v) is 6.41.